The van der Waals surface area contributed by atoms with Crippen molar-refractivity contribution in [3.05, 3.63) is 64.8 Å². The average molecular weight is 731 g/mol. The number of ether oxygens (including phenoxy) is 3. The minimum absolute atomic E-state index is 0.0152. The van der Waals surface area contributed by atoms with Gasteiger partial charge in [0.2, 0.25) is 17.7 Å². The molecular formula is C38H42N4O11. The van der Waals surface area contributed by atoms with E-state index in [9.17, 15) is 38.4 Å². The maximum absolute atomic E-state index is 13.8. The average Bonchev–Trinajstić information content (AvgIpc) is 3.45. The van der Waals surface area contributed by atoms with Crippen LogP contribution in [-0.4, -0.2) is 89.8 Å². The number of hydrogen-bond acceptors (Lipinski definition) is 12. The first-order valence-corrected chi connectivity index (χ1v) is 17.6. The highest BCUT2D eigenvalue weighted by atomic mass is 16.6. The fourth-order valence-corrected chi connectivity index (χ4v) is 8.63. The molecule has 5 amide bonds. The molecule has 3 fully saturated rings. The molecule has 2 aliphatic carbocycles. The van der Waals surface area contributed by atoms with Crippen LogP contribution in [0.2, 0.25) is 0 Å². The highest BCUT2D eigenvalue weighted by molar-refractivity contribution is 6.25. The molecule has 0 aromatic heterocycles. The lowest BCUT2D eigenvalue weighted by atomic mass is 9.62. The number of carbonyl (C=O) groups is 8. The summed E-state index contributed by atoms with van der Waals surface area (Å²) in [5.41, 5.74) is -2.13. The molecule has 0 spiro atoms. The molecule has 15 nitrogen and oxygen atoms in total. The van der Waals surface area contributed by atoms with Crippen molar-refractivity contribution in [3.63, 3.8) is 0 Å². The second-order valence-electron chi connectivity index (χ2n) is 14.2. The number of imide groups is 2. The molecule has 15 heteroatoms. The second-order valence-corrected chi connectivity index (χ2v) is 14.2. The Morgan fingerprint density at radius 1 is 1.04 bits per heavy atom. The summed E-state index contributed by atoms with van der Waals surface area (Å²) in [7, 11) is 1.29. The van der Waals surface area contributed by atoms with Crippen molar-refractivity contribution in [1.82, 2.24) is 15.5 Å². The van der Waals surface area contributed by atoms with Crippen LogP contribution < -0.4 is 16.0 Å². The number of hydrogen-bond donors (Lipinski definition) is 3. The molecule has 0 radical (unpaired) electrons. The molecule has 1 aromatic carbocycles. The lowest BCUT2D eigenvalue weighted by molar-refractivity contribution is -0.235. The molecule has 3 aliphatic heterocycles. The summed E-state index contributed by atoms with van der Waals surface area (Å²) in [5, 5.41) is 8.05. The number of methoxy groups -OCH3 is 1. The minimum Gasteiger partial charge on any atom is -0.466 e. The molecule has 6 rings (SSSR count). The van der Waals surface area contributed by atoms with E-state index in [0.717, 1.165) is 4.90 Å². The first-order valence-electron chi connectivity index (χ1n) is 17.6. The number of allylic oxidation sites excluding steroid dienone is 3. The molecule has 2 saturated heterocycles. The predicted molar refractivity (Wildman–Crippen MR) is 186 cm³/mol. The number of fused-ring (bicyclic) bond motifs is 1. The van der Waals surface area contributed by atoms with Crippen LogP contribution >= 0.6 is 0 Å². The first-order chi connectivity index (χ1) is 25.2. The molecule has 2 bridgehead atoms. The van der Waals surface area contributed by atoms with E-state index in [2.05, 4.69) is 16.0 Å². The van der Waals surface area contributed by atoms with Gasteiger partial charge >= 0.3 is 17.9 Å². The largest absolute Gasteiger partial charge is 0.466 e. The predicted octanol–water partition coefficient (Wildman–Crippen LogP) is 2.42. The van der Waals surface area contributed by atoms with Crippen LogP contribution in [0.25, 0.3) is 0 Å². The summed E-state index contributed by atoms with van der Waals surface area (Å²) in [6.07, 6.45) is 8.31. The van der Waals surface area contributed by atoms with Gasteiger partial charge in [0, 0.05) is 49.2 Å². The third-order valence-electron chi connectivity index (χ3n) is 11.2. The lowest BCUT2D eigenvalue weighted by Gasteiger charge is -2.54. The molecule has 1 aromatic rings. The fraction of sp³-hybridized carbons (Fsp3) is 0.474. The number of benzene rings is 1. The maximum atomic E-state index is 13.8. The van der Waals surface area contributed by atoms with E-state index in [1.807, 2.05) is 0 Å². The number of cyclic esters (lactones) is 1. The standard InChI is InChI=1S/C38H42N4O11/c1-21(30(45)40-20-19-39-25-9-5-8-24-29(25)33(48)42(32(24)47)26-10-11-28(44)41-31(26)46)7-6-15-36(3)27-14-17-37(35(50)53-36)16-12-23(34(49)51-4)13-18-38(27,37)52-22(2)43/h5-9,12,15,26-27,39H,10-11,13-14,16-20H2,1-4H3,(H,40,45)(H,41,44,46)/b15-6+,21-7+/t26?,27-,36+,37+,38-/m0/s1. The molecule has 280 valence electrons. The number of nitrogens with zero attached hydrogens (tertiary/aromatic N) is 1. The Labute approximate surface area is 305 Å². The van der Waals surface area contributed by atoms with E-state index in [0.29, 0.717) is 29.7 Å². The van der Waals surface area contributed by atoms with E-state index in [1.165, 1.54) is 20.1 Å². The van der Waals surface area contributed by atoms with Gasteiger partial charge in [-0.15, -0.1) is 0 Å². The summed E-state index contributed by atoms with van der Waals surface area (Å²) < 4.78 is 17.1. The molecule has 5 aliphatic rings. The van der Waals surface area contributed by atoms with Gasteiger partial charge in [0.25, 0.3) is 11.8 Å². The topological polar surface area (TPSA) is 204 Å². The van der Waals surface area contributed by atoms with Crippen LogP contribution in [0.4, 0.5) is 5.69 Å². The van der Waals surface area contributed by atoms with Crippen molar-refractivity contribution in [2.45, 2.75) is 83.0 Å². The van der Waals surface area contributed by atoms with Crippen LogP contribution in [0.3, 0.4) is 0 Å². The number of rotatable bonds is 10. The number of anilines is 1. The molecular weight excluding hydrogens is 688 g/mol. The van der Waals surface area contributed by atoms with Crippen LogP contribution in [0.5, 0.6) is 0 Å². The van der Waals surface area contributed by atoms with E-state index in [4.69, 9.17) is 14.2 Å². The molecule has 1 unspecified atom stereocenters. The molecule has 1 saturated carbocycles. The Morgan fingerprint density at radius 3 is 2.53 bits per heavy atom. The zero-order chi connectivity index (χ0) is 38.3. The van der Waals surface area contributed by atoms with Gasteiger partial charge in [0.05, 0.1) is 18.2 Å². The lowest BCUT2D eigenvalue weighted by Crippen LogP contribution is -2.65. The highest BCUT2D eigenvalue weighted by Crippen LogP contribution is 2.65. The summed E-state index contributed by atoms with van der Waals surface area (Å²) in [6.45, 7) is 5.03. The monoisotopic (exact) mass is 730 g/mol. The Morgan fingerprint density at radius 2 is 1.81 bits per heavy atom. The normalized spacial score (nSPS) is 29.4. The highest BCUT2D eigenvalue weighted by Gasteiger charge is 2.74. The summed E-state index contributed by atoms with van der Waals surface area (Å²) in [5.74, 6) is -4.73. The third-order valence-corrected chi connectivity index (χ3v) is 11.2. The van der Waals surface area contributed by atoms with Crippen molar-refractivity contribution in [2.24, 2.45) is 11.3 Å². The Kier molecular flexibility index (Phi) is 9.88. The van der Waals surface area contributed by atoms with E-state index < -0.39 is 70.1 Å². The van der Waals surface area contributed by atoms with Crippen LogP contribution in [-0.2, 0) is 43.0 Å². The summed E-state index contributed by atoms with van der Waals surface area (Å²) in [4.78, 5) is 103. The molecule has 53 heavy (non-hydrogen) atoms. The van der Waals surface area contributed by atoms with Crippen LogP contribution in [0, 0.1) is 11.3 Å². The fourth-order valence-electron chi connectivity index (χ4n) is 8.63. The SMILES string of the molecule is COC(=O)C1=CC[C@@]23CC[C@@H]([C@@](C)(/C=C/C=C(\C)C(=O)NCCNc4cccc5c4C(=O)N(C4CCC(=O)NC4=O)C5=O)OC2=O)[C@@]3(OC(C)=O)CC1. The van der Waals surface area contributed by atoms with Gasteiger partial charge in [-0.05, 0) is 70.6 Å². The quantitative estimate of drug-likeness (QED) is 0.0794. The molecule has 5 atom stereocenters. The number of nitrogens with one attached hydrogen (secondary N) is 3. The Bertz CT molecular complexity index is 1920. The van der Waals surface area contributed by atoms with Crippen molar-refractivity contribution < 1.29 is 52.6 Å². The third kappa shape index (κ3) is 6.31. The van der Waals surface area contributed by atoms with Gasteiger partial charge < -0.3 is 24.8 Å². The minimum atomic E-state index is -1.21. The molecule has 3 N–H and O–H groups in total. The van der Waals surface area contributed by atoms with Gasteiger partial charge in [-0.25, -0.2) is 4.79 Å². The van der Waals surface area contributed by atoms with Gasteiger partial charge in [0.1, 0.15) is 22.7 Å². The Balaban J connectivity index is 1.09. The van der Waals surface area contributed by atoms with Crippen molar-refractivity contribution in [1.29, 1.82) is 0 Å². The van der Waals surface area contributed by atoms with Crippen molar-refractivity contribution >= 4 is 53.1 Å². The Hall–Kier alpha value is -5.60. The zero-order valence-corrected chi connectivity index (χ0v) is 30.0. The van der Waals surface area contributed by atoms with Crippen molar-refractivity contribution in [2.75, 3.05) is 25.5 Å². The van der Waals surface area contributed by atoms with Crippen LogP contribution in [0.1, 0.15) is 86.4 Å². The molecule has 3 heterocycles. The van der Waals surface area contributed by atoms with Gasteiger partial charge in [0.15, 0.2) is 0 Å². The van der Waals surface area contributed by atoms with E-state index in [1.54, 1.807) is 50.3 Å². The number of piperidine rings is 1. The number of amides is 5. The van der Waals surface area contributed by atoms with Gasteiger partial charge in [-0.3, -0.25) is 43.8 Å². The first kappa shape index (κ1) is 37.2. The summed E-state index contributed by atoms with van der Waals surface area (Å²) in [6, 6.07) is 3.64. The van der Waals surface area contributed by atoms with Crippen molar-refractivity contribution in [3.8, 4) is 0 Å². The van der Waals surface area contributed by atoms with Gasteiger partial charge in [-0.2, -0.15) is 0 Å². The van der Waals surface area contributed by atoms with E-state index >= 15 is 0 Å². The number of esters is 3. The smallest absolute Gasteiger partial charge is 0.333 e. The second kappa shape index (κ2) is 14.1. The van der Waals surface area contributed by atoms with Gasteiger partial charge in [-0.1, -0.05) is 24.3 Å². The van der Waals surface area contributed by atoms with E-state index in [-0.39, 0.29) is 62.2 Å². The zero-order valence-electron chi connectivity index (χ0n) is 30.0. The maximum Gasteiger partial charge on any atom is 0.333 e. The summed E-state index contributed by atoms with van der Waals surface area (Å²) >= 11 is 0. The number of carbonyl (C=O) groups excluding carboxylic acids is 8. The van der Waals surface area contributed by atoms with Crippen LogP contribution in [0.15, 0.2) is 53.6 Å².